The third-order valence-corrected chi connectivity index (χ3v) is 5.84. The standard InChI is InChI=1S/C24H33N5O9/c1-11(30)19(29-23(36)20(12(2)31)28-21(34)15(25)7-8-18(32)33)22(35)27-17(24(37)38)9-13-10-26-16-6-4-3-5-14(13)16/h3-6,10-12,15,17,19-20,26,30-31H,7-9,25H2,1-2H3,(H,27,35)(H,28,34)(H,29,36)(H,32,33)(H,37,38). The number of rotatable bonds is 14. The Morgan fingerprint density at radius 3 is 2.00 bits per heavy atom. The van der Waals surface area contributed by atoms with Crippen LogP contribution in [-0.4, -0.2) is 91.4 Å². The van der Waals surface area contributed by atoms with Crippen LogP contribution in [0.15, 0.2) is 30.5 Å². The molecular weight excluding hydrogens is 502 g/mol. The predicted octanol–water partition coefficient (Wildman–Crippen LogP) is -1.80. The maximum Gasteiger partial charge on any atom is 0.326 e. The number of aliphatic hydroxyl groups excluding tert-OH is 2. The maximum atomic E-state index is 12.9. The first-order valence-electron chi connectivity index (χ1n) is 11.8. The summed E-state index contributed by atoms with van der Waals surface area (Å²) in [4.78, 5) is 63.6. The highest BCUT2D eigenvalue weighted by Crippen LogP contribution is 2.19. The van der Waals surface area contributed by atoms with Gasteiger partial charge in [0.2, 0.25) is 17.7 Å². The van der Waals surface area contributed by atoms with E-state index in [2.05, 4.69) is 20.9 Å². The van der Waals surface area contributed by atoms with E-state index in [-0.39, 0.29) is 12.8 Å². The van der Waals surface area contributed by atoms with Crippen LogP contribution in [0, 0.1) is 0 Å². The summed E-state index contributed by atoms with van der Waals surface area (Å²) in [5, 5.41) is 46.1. The van der Waals surface area contributed by atoms with Crippen molar-refractivity contribution in [3.63, 3.8) is 0 Å². The van der Waals surface area contributed by atoms with Crippen molar-refractivity contribution in [1.29, 1.82) is 0 Å². The van der Waals surface area contributed by atoms with Gasteiger partial charge in [0.25, 0.3) is 0 Å². The Morgan fingerprint density at radius 1 is 0.895 bits per heavy atom. The highest BCUT2D eigenvalue weighted by Gasteiger charge is 2.34. The number of nitrogens with one attached hydrogen (secondary N) is 4. The minimum absolute atomic E-state index is 0.0911. The zero-order valence-corrected chi connectivity index (χ0v) is 20.9. The highest BCUT2D eigenvalue weighted by atomic mass is 16.4. The van der Waals surface area contributed by atoms with Gasteiger partial charge in [-0.2, -0.15) is 0 Å². The van der Waals surface area contributed by atoms with Gasteiger partial charge in [-0.25, -0.2) is 4.79 Å². The number of nitrogens with two attached hydrogens (primary N) is 1. The van der Waals surface area contributed by atoms with Crippen LogP contribution in [0.25, 0.3) is 10.9 Å². The van der Waals surface area contributed by atoms with Crippen molar-refractivity contribution in [1.82, 2.24) is 20.9 Å². The molecule has 208 valence electrons. The van der Waals surface area contributed by atoms with E-state index < -0.39 is 72.5 Å². The summed E-state index contributed by atoms with van der Waals surface area (Å²) in [5.74, 6) is -5.48. The lowest BCUT2D eigenvalue weighted by atomic mass is 10.0. The molecule has 0 aliphatic rings. The third kappa shape index (κ3) is 8.26. The molecule has 0 fully saturated rings. The molecular formula is C24H33N5O9. The molecule has 3 amide bonds. The summed E-state index contributed by atoms with van der Waals surface area (Å²) >= 11 is 0. The maximum absolute atomic E-state index is 12.9. The molecule has 14 nitrogen and oxygen atoms in total. The van der Waals surface area contributed by atoms with Crippen molar-refractivity contribution < 1.29 is 44.4 Å². The van der Waals surface area contributed by atoms with Crippen LogP contribution in [0.5, 0.6) is 0 Å². The number of aliphatic carboxylic acids is 2. The van der Waals surface area contributed by atoms with Crippen LogP contribution in [0.3, 0.4) is 0 Å². The van der Waals surface area contributed by atoms with Gasteiger partial charge in [0.15, 0.2) is 0 Å². The lowest BCUT2D eigenvalue weighted by Crippen LogP contribution is -2.62. The number of carbonyl (C=O) groups excluding carboxylic acids is 3. The number of fused-ring (bicyclic) bond motifs is 1. The fourth-order valence-corrected chi connectivity index (χ4v) is 3.71. The number of aromatic nitrogens is 1. The van der Waals surface area contributed by atoms with Crippen LogP contribution < -0.4 is 21.7 Å². The molecule has 0 spiro atoms. The number of hydrogen-bond donors (Lipinski definition) is 9. The second-order valence-electron chi connectivity index (χ2n) is 8.96. The lowest BCUT2D eigenvalue weighted by Gasteiger charge is -2.27. The van der Waals surface area contributed by atoms with Crippen molar-refractivity contribution in [3.05, 3.63) is 36.0 Å². The number of para-hydroxylation sites is 1. The van der Waals surface area contributed by atoms with Gasteiger partial charge in [-0.05, 0) is 31.9 Å². The van der Waals surface area contributed by atoms with Gasteiger partial charge in [-0.15, -0.1) is 0 Å². The zero-order chi connectivity index (χ0) is 28.6. The van der Waals surface area contributed by atoms with E-state index in [9.17, 15) is 39.3 Å². The fourth-order valence-electron chi connectivity index (χ4n) is 3.71. The molecule has 38 heavy (non-hydrogen) atoms. The Balaban J connectivity index is 2.11. The number of H-pyrrole nitrogens is 1. The molecule has 14 heteroatoms. The van der Waals surface area contributed by atoms with E-state index in [0.29, 0.717) is 5.56 Å². The van der Waals surface area contributed by atoms with Crippen molar-refractivity contribution in [2.45, 2.75) is 69.5 Å². The van der Waals surface area contributed by atoms with E-state index in [1.807, 2.05) is 12.1 Å². The van der Waals surface area contributed by atoms with Crippen molar-refractivity contribution in [2.24, 2.45) is 5.73 Å². The Labute approximate surface area is 217 Å². The number of carboxylic acid groups (broad SMARTS) is 2. The molecule has 6 unspecified atom stereocenters. The number of amides is 3. The quantitative estimate of drug-likeness (QED) is 0.131. The largest absolute Gasteiger partial charge is 0.481 e. The van der Waals surface area contributed by atoms with Gasteiger partial charge in [-0.3, -0.25) is 19.2 Å². The molecule has 0 bridgehead atoms. The average Bonchev–Trinajstić information content (AvgIpc) is 3.25. The van der Waals surface area contributed by atoms with Crippen molar-refractivity contribution in [2.75, 3.05) is 0 Å². The Hall–Kier alpha value is -4.01. The summed E-state index contributed by atoms with van der Waals surface area (Å²) in [6.45, 7) is 2.38. The molecule has 0 saturated heterocycles. The molecule has 10 N–H and O–H groups in total. The average molecular weight is 536 g/mol. The van der Waals surface area contributed by atoms with Gasteiger partial charge < -0.3 is 47.1 Å². The number of carbonyl (C=O) groups is 5. The Kier molecular flexibility index (Phi) is 10.7. The fraction of sp³-hybridized carbons (Fsp3) is 0.458. The number of aliphatic hydroxyl groups is 2. The smallest absolute Gasteiger partial charge is 0.326 e. The third-order valence-electron chi connectivity index (χ3n) is 5.84. The molecule has 0 aliphatic heterocycles. The van der Waals surface area contributed by atoms with Gasteiger partial charge >= 0.3 is 11.9 Å². The van der Waals surface area contributed by atoms with E-state index in [4.69, 9.17) is 10.8 Å². The second kappa shape index (κ2) is 13.5. The summed E-state index contributed by atoms with van der Waals surface area (Å²) in [6.07, 6.45) is -2.03. The monoisotopic (exact) mass is 535 g/mol. The van der Waals surface area contributed by atoms with Gasteiger partial charge in [0.05, 0.1) is 18.2 Å². The van der Waals surface area contributed by atoms with Crippen molar-refractivity contribution in [3.8, 4) is 0 Å². The summed E-state index contributed by atoms with van der Waals surface area (Å²) in [5.41, 5.74) is 7.04. The molecule has 0 saturated carbocycles. The molecule has 1 aromatic heterocycles. The van der Waals surface area contributed by atoms with Gasteiger partial charge in [0.1, 0.15) is 18.1 Å². The molecule has 1 aromatic carbocycles. The first-order chi connectivity index (χ1) is 17.8. The van der Waals surface area contributed by atoms with Gasteiger partial charge in [-0.1, -0.05) is 18.2 Å². The normalized spacial score (nSPS) is 15.9. The molecule has 1 heterocycles. The van der Waals surface area contributed by atoms with E-state index in [1.54, 1.807) is 18.3 Å². The van der Waals surface area contributed by atoms with Crippen molar-refractivity contribution >= 4 is 40.6 Å². The minimum atomic E-state index is -1.63. The van der Waals surface area contributed by atoms with E-state index >= 15 is 0 Å². The molecule has 0 aliphatic carbocycles. The second-order valence-corrected chi connectivity index (χ2v) is 8.96. The summed E-state index contributed by atoms with van der Waals surface area (Å²) in [7, 11) is 0. The number of carboxylic acids is 2. The number of aromatic amines is 1. The first kappa shape index (κ1) is 30.2. The highest BCUT2D eigenvalue weighted by molar-refractivity contribution is 5.95. The SMILES string of the molecule is CC(O)C(NC(=O)C(N)CCC(=O)O)C(=O)NC(C(=O)NC(Cc1c[nH]c2ccccc12)C(=O)O)C(C)O. The molecule has 6 atom stereocenters. The van der Waals surface area contributed by atoms with Crippen LogP contribution in [0.4, 0.5) is 0 Å². The topological polar surface area (TPSA) is 244 Å². The van der Waals surface area contributed by atoms with Gasteiger partial charge in [0, 0.05) is 29.9 Å². The summed E-state index contributed by atoms with van der Waals surface area (Å²) in [6, 6.07) is 1.27. The van der Waals surface area contributed by atoms with Crippen LogP contribution >= 0.6 is 0 Å². The molecule has 0 radical (unpaired) electrons. The minimum Gasteiger partial charge on any atom is -0.481 e. The van der Waals surface area contributed by atoms with E-state index in [0.717, 1.165) is 10.9 Å². The van der Waals surface area contributed by atoms with Crippen LogP contribution in [0.1, 0.15) is 32.3 Å². The zero-order valence-electron chi connectivity index (χ0n) is 20.9. The Bertz CT molecular complexity index is 1160. The first-order valence-corrected chi connectivity index (χ1v) is 11.8. The Morgan fingerprint density at radius 2 is 1.45 bits per heavy atom. The summed E-state index contributed by atoms with van der Waals surface area (Å²) < 4.78 is 0. The number of benzene rings is 1. The lowest BCUT2D eigenvalue weighted by molar-refractivity contribution is -0.143. The van der Waals surface area contributed by atoms with Crippen LogP contribution in [0.2, 0.25) is 0 Å². The van der Waals surface area contributed by atoms with Crippen LogP contribution in [-0.2, 0) is 30.4 Å². The van der Waals surface area contributed by atoms with E-state index in [1.165, 1.54) is 13.8 Å². The molecule has 2 rings (SSSR count). The molecule has 2 aromatic rings. The number of hydrogen-bond acceptors (Lipinski definition) is 8. The predicted molar refractivity (Wildman–Crippen MR) is 134 cm³/mol.